The van der Waals surface area contributed by atoms with Crippen molar-refractivity contribution in [2.75, 3.05) is 19.1 Å². The number of esters is 1. The maximum atomic E-state index is 13.0. The molecule has 0 heterocycles. The van der Waals surface area contributed by atoms with Gasteiger partial charge < -0.3 is 15.2 Å². The minimum atomic E-state index is -3.31. The lowest BCUT2D eigenvalue weighted by molar-refractivity contribution is -0.142. The van der Waals surface area contributed by atoms with Crippen LogP contribution in [0, 0.1) is 6.92 Å². The van der Waals surface area contributed by atoms with Crippen molar-refractivity contribution in [3.05, 3.63) is 59.2 Å². The summed E-state index contributed by atoms with van der Waals surface area (Å²) in [4.78, 5) is 25.0. The van der Waals surface area contributed by atoms with E-state index in [1.807, 2.05) is 31.2 Å². The first-order valence-corrected chi connectivity index (χ1v) is 11.1. The van der Waals surface area contributed by atoms with Crippen LogP contribution >= 0.6 is 0 Å². The number of methoxy groups -OCH3 is 1. The lowest BCUT2D eigenvalue weighted by Gasteiger charge is -2.18. The number of sulfone groups is 1. The van der Waals surface area contributed by atoms with Crippen molar-refractivity contribution in [3.63, 3.8) is 0 Å². The Hall–Kier alpha value is -2.71. The molecule has 0 aliphatic heterocycles. The van der Waals surface area contributed by atoms with Gasteiger partial charge in [0.25, 0.3) is 5.91 Å². The Morgan fingerprint density at radius 3 is 2.41 bits per heavy atom. The molecule has 1 unspecified atom stereocenters. The number of rotatable bonds is 8. The van der Waals surface area contributed by atoms with Crippen molar-refractivity contribution in [2.45, 2.75) is 26.0 Å². The van der Waals surface area contributed by atoms with E-state index in [1.54, 1.807) is 18.2 Å². The Labute approximate surface area is 170 Å². The van der Waals surface area contributed by atoms with E-state index in [0.717, 1.165) is 17.4 Å². The summed E-state index contributed by atoms with van der Waals surface area (Å²) >= 11 is 0. The van der Waals surface area contributed by atoms with Gasteiger partial charge in [0.15, 0.2) is 0 Å². The molecule has 0 aliphatic carbocycles. The maximum absolute atomic E-state index is 13.0. The molecule has 156 valence electrons. The summed E-state index contributed by atoms with van der Waals surface area (Å²) in [5, 5.41) is 12.1. The van der Waals surface area contributed by atoms with E-state index in [4.69, 9.17) is 4.74 Å². The molecule has 2 N–H and O–H groups in total. The molecule has 0 radical (unpaired) electrons. The molecule has 0 bridgehead atoms. The third-order valence-corrected chi connectivity index (χ3v) is 5.49. The highest BCUT2D eigenvalue weighted by molar-refractivity contribution is 7.90. The van der Waals surface area contributed by atoms with Gasteiger partial charge in [-0.15, -0.1) is 0 Å². The molecule has 2 rings (SSSR count). The van der Waals surface area contributed by atoms with Crippen molar-refractivity contribution >= 4 is 21.7 Å². The average Bonchev–Trinajstić information content (AvgIpc) is 2.69. The number of aliphatic hydroxyl groups is 1. The van der Waals surface area contributed by atoms with Crippen LogP contribution < -0.4 is 5.32 Å². The van der Waals surface area contributed by atoms with Crippen LogP contribution in [0.2, 0.25) is 0 Å². The van der Waals surface area contributed by atoms with Gasteiger partial charge in [0.1, 0.15) is 15.9 Å². The van der Waals surface area contributed by atoms with E-state index in [9.17, 15) is 23.1 Å². The summed E-state index contributed by atoms with van der Waals surface area (Å²) in [5.74, 6) is -1.51. The van der Waals surface area contributed by atoms with Crippen LogP contribution in [0.15, 0.2) is 42.5 Å². The minimum absolute atomic E-state index is 0.0916. The van der Waals surface area contributed by atoms with Crippen LogP contribution in [0.25, 0.3) is 11.1 Å². The normalized spacial score (nSPS) is 12.3. The zero-order valence-corrected chi connectivity index (χ0v) is 17.5. The van der Waals surface area contributed by atoms with E-state index >= 15 is 0 Å². The van der Waals surface area contributed by atoms with Crippen LogP contribution in [0.5, 0.6) is 0 Å². The molecule has 7 nitrogen and oxygen atoms in total. The zero-order chi connectivity index (χ0) is 21.6. The van der Waals surface area contributed by atoms with Crippen LogP contribution in [0.1, 0.15) is 27.9 Å². The first-order chi connectivity index (χ1) is 13.7. The molecule has 0 spiro atoms. The largest absolute Gasteiger partial charge is 0.467 e. The highest BCUT2D eigenvalue weighted by atomic mass is 32.2. The fourth-order valence-corrected chi connectivity index (χ4v) is 3.61. The number of hydrogen-bond donors (Lipinski definition) is 2. The summed E-state index contributed by atoms with van der Waals surface area (Å²) in [6.07, 6.45) is 0.971. The number of ether oxygens (including phenoxy) is 1. The van der Waals surface area contributed by atoms with Gasteiger partial charge in [0.05, 0.1) is 19.5 Å². The molecule has 0 aliphatic rings. The summed E-state index contributed by atoms with van der Waals surface area (Å²) in [6, 6.07) is 11.3. The summed E-state index contributed by atoms with van der Waals surface area (Å²) in [5.41, 5.74) is 3.32. The second-order valence-corrected chi connectivity index (χ2v) is 9.08. The number of hydrogen-bond acceptors (Lipinski definition) is 6. The highest BCUT2D eigenvalue weighted by Crippen LogP contribution is 2.28. The molecule has 2 aromatic rings. The van der Waals surface area contributed by atoms with Crippen LogP contribution in [-0.4, -0.2) is 50.6 Å². The van der Waals surface area contributed by atoms with Crippen molar-refractivity contribution in [2.24, 2.45) is 0 Å². The molecule has 0 saturated heterocycles. The fourth-order valence-electron chi connectivity index (χ4n) is 2.94. The Kier molecular flexibility index (Phi) is 7.53. The lowest BCUT2D eigenvalue weighted by atomic mass is 9.93. The van der Waals surface area contributed by atoms with E-state index < -0.39 is 27.8 Å². The number of benzene rings is 2. The van der Waals surface area contributed by atoms with Crippen molar-refractivity contribution in [3.8, 4) is 11.1 Å². The van der Waals surface area contributed by atoms with Crippen molar-refractivity contribution < 1.29 is 27.9 Å². The molecular weight excluding hydrogens is 394 g/mol. The van der Waals surface area contributed by atoms with E-state index in [-0.39, 0.29) is 18.8 Å². The predicted octanol–water partition coefficient (Wildman–Crippen LogP) is 1.86. The van der Waals surface area contributed by atoms with Gasteiger partial charge in [0, 0.05) is 11.8 Å². The van der Waals surface area contributed by atoms with Crippen LogP contribution in [-0.2, 0) is 26.0 Å². The highest BCUT2D eigenvalue weighted by Gasteiger charge is 2.25. The Bertz CT molecular complexity index is 1000. The monoisotopic (exact) mass is 419 g/mol. The molecular formula is C21H25NO6S. The fraction of sp³-hybridized carbons (Fsp3) is 0.333. The van der Waals surface area contributed by atoms with Gasteiger partial charge in [-0.1, -0.05) is 30.3 Å². The Morgan fingerprint density at radius 1 is 1.14 bits per heavy atom. The number of carbonyl (C=O) groups is 2. The number of carbonyl (C=O) groups excluding carboxylic acids is 2. The van der Waals surface area contributed by atoms with Crippen molar-refractivity contribution in [1.82, 2.24) is 5.32 Å². The van der Waals surface area contributed by atoms with E-state index in [1.165, 1.54) is 7.11 Å². The summed E-state index contributed by atoms with van der Waals surface area (Å²) in [6.45, 7) is 1.73. The topological polar surface area (TPSA) is 110 Å². The second-order valence-electron chi connectivity index (χ2n) is 6.82. The number of aryl methyl sites for hydroxylation is 1. The van der Waals surface area contributed by atoms with E-state index in [0.29, 0.717) is 16.7 Å². The number of amides is 1. The third-order valence-electron chi connectivity index (χ3n) is 4.51. The average molecular weight is 419 g/mol. The maximum Gasteiger partial charge on any atom is 0.328 e. The predicted molar refractivity (Wildman–Crippen MR) is 110 cm³/mol. The quantitative estimate of drug-likeness (QED) is 0.632. The standard InChI is InChI=1S/C21H25NO6S/c1-14-6-4-5-7-16(14)18-12-15(13-23)8-9-17(18)20(24)22-19(21(25)28-2)10-11-29(3,26)27/h4-9,12,19,23H,10-11,13H2,1-3H3,(H,22,24). The van der Waals surface area contributed by atoms with Crippen molar-refractivity contribution in [1.29, 1.82) is 0 Å². The molecule has 29 heavy (non-hydrogen) atoms. The van der Waals surface area contributed by atoms with Crippen LogP contribution in [0.4, 0.5) is 0 Å². The van der Waals surface area contributed by atoms with Gasteiger partial charge >= 0.3 is 5.97 Å². The van der Waals surface area contributed by atoms with Gasteiger partial charge in [-0.3, -0.25) is 4.79 Å². The van der Waals surface area contributed by atoms with E-state index in [2.05, 4.69) is 5.32 Å². The first-order valence-electron chi connectivity index (χ1n) is 9.02. The molecule has 0 aromatic heterocycles. The van der Waals surface area contributed by atoms with Gasteiger partial charge in [0.2, 0.25) is 0 Å². The third kappa shape index (κ3) is 6.13. The Balaban J connectivity index is 2.40. The number of nitrogens with one attached hydrogen (secondary N) is 1. The number of aliphatic hydroxyl groups excluding tert-OH is 1. The summed E-state index contributed by atoms with van der Waals surface area (Å²) in [7, 11) is -2.14. The molecule has 0 fully saturated rings. The molecule has 1 amide bonds. The molecule has 0 saturated carbocycles. The molecule has 2 aromatic carbocycles. The summed E-state index contributed by atoms with van der Waals surface area (Å²) < 4.78 is 27.6. The smallest absolute Gasteiger partial charge is 0.328 e. The van der Waals surface area contributed by atoms with Gasteiger partial charge in [-0.2, -0.15) is 0 Å². The SMILES string of the molecule is COC(=O)C(CCS(C)(=O)=O)NC(=O)c1ccc(CO)cc1-c1ccccc1C. The first kappa shape index (κ1) is 22.6. The van der Waals surface area contributed by atoms with Gasteiger partial charge in [-0.25, -0.2) is 13.2 Å². The molecule has 8 heteroatoms. The second kappa shape index (κ2) is 9.67. The lowest BCUT2D eigenvalue weighted by Crippen LogP contribution is -2.42. The molecule has 1 atom stereocenters. The Morgan fingerprint density at radius 2 is 1.83 bits per heavy atom. The van der Waals surface area contributed by atoms with Crippen LogP contribution in [0.3, 0.4) is 0 Å². The zero-order valence-electron chi connectivity index (χ0n) is 16.6. The van der Waals surface area contributed by atoms with Gasteiger partial charge in [-0.05, 0) is 47.7 Å². The minimum Gasteiger partial charge on any atom is -0.467 e.